The molecule has 0 unspecified atom stereocenters. The molecule has 170 valence electrons. The third kappa shape index (κ3) is 6.17. The molecule has 0 aliphatic carbocycles. The van der Waals surface area contributed by atoms with Gasteiger partial charge in [0.05, 0.1) is 13.0 Å². The number of amides is 2. The van der Waals surface area contributed by atoms with E-state index in [2.05, 4.69) is 24.5 Å². The number of aromatic nitrogens is 1. The molecule has 0 aliphatic heterocycles. The summed E-state index contributed by atoms with van der Waals surface area (Å²) in [4.78, 5) is 25.2. The van der Waals surface area contributed by atoms with Crippen LogP contribution in [0.25, 0.3) is 10.9 Å². The maximum atomic E-state index is 13.1. The lowest BCUT2D eigenvalue weighted by Crippen LogP contribution is -2.29. The Morgan fingerprint density at radius 2 is 1.84 bits per heavy atom. The van der Waals surface area contributed by atoms with Crippen molar-refractivity contribution in [3.63, 3.8) is 0 Å². The van der Waals surface area contributed by atoms with E-state index in [0.29, 0.717) is 30.5 Å². The molecule has 0 radical (unpaired) electrons. The number of anilines is 1. The number of carbonyl (C=O) groups is 2. The molecule has 0 fully saturated rings. The normalized spacial score (nSPS) is 11.2. The van der Waals surface area contributed by atoms with E-state index in [0.717, 1.165) is 29.4 Å². The highest BCUT2D eigenvalue weighted by atomic mass is 19.1. The summed E-state index contributed by atoms with van der Waals surface area (Å²) in [6, 6.07) is 13.4. The van der Waals surface area contributed by atoms with Crippen LogP contribution >= 0.6 is 0 Å². The van der Waals surface area contributed by atoms with E-state index in [4.69, 9.17) is 4.74 Å². The number of halogens is 1. The highest BCUT2D eigenvalue weighted by Crippen LogP contribution is 2.25. The number of hydrogen-bond donors (Lipinski definition) is 2. The van der Waals surface area contributed by atoms with Crippen LogP contribution in [0.15, 0.2) is 48.5 Å². The van der Waals surface area contributed by atoms with Gasteiger partial charge < -0.3 is 19.9 Å². The Kier molecular flexibility index (Phi) is 8.00. The zero-order chi connectivity index (χ0) is 23.1. The predicted octanol–water partition coefficient (Wildman–Crippen LogP) is 4.38. The monoisotopic (exact) mass is 439 g/mol. The predicted molar refractivity (Wildman–Crippen MR) is 124 cm³/mol. The number of aryl methyl sites for hydroxylation is 1. The van der Waals surface area contributed by atoms with Crippen molar-refractivity contribution in [2.24, 2.45) is 5.92 Å². The number of benzene rings is 2. The molecule has 0 aliphatic rings. The fourth-order valence-electron chi connectivity index (χ4n) is 3.52. The summed E-state index contributed by atoms with van der Waals surface area (Å²) < 4.78 is 20.1. The van der Waals surface area contributed by atoms with Crippen molar-refractivity contribution < 1.29 is 18.7 Å². The standard InChI is InChI=1S/C25H30FN3O3/c1-17(2)10-12-29-22-9-8-21(28-24(30)14-18-4-6-20(26)7-5-18)15-19(22)16-23(29)25(31)27-11-13-32-3/h4-9,15-17H,10-14H2,1-3H3,(H,27,31)(H,28,30). The fraction of sp³-hybridized carbons (Fsp3) is 0.360. The van der Waals surface area contributed by atoms with Crippen molar-refractivity contribution in [2.45, 2.75) is 33.2 Å². The van der Waals surface area contributed by atoms with Crippen LogP contribution in [0.1, 0.15) is 36.3 Å². The van der Waals surface area contributed by atoms with Gasteiger partial charge in [0, 0.05) is 36.8 Å². The lowest BCUT2D eigenvalue weighted by molar-refractivity contribution is -0.115. The number of rotatable bonds is 10. The molecule has 32 heavy (non-hydrogen) atoms. The largest absolute Gasteiger partial charge is 0.383 e. The van der Waals surface area contributed by atoms with Gasteiger partial charge in [-0.3, -0.25) is 9.59 Å². The van der Waals surface area contributed by atoms with E-state index in [1.807, 2.05) is 28.8 Å². The Morgan fingerprint density at radius 1 is 1.09 bits per heavy atom. The summed E-state index contributed by atoms with van der Waals surface area (Å²) in [6.45, 7) is 5.91. The topological polar surface area (TPSA) is 72.4 Å². The minimum Gasteiger partial charge on any atom is -0.383 e. The van der Waals surface area contributed by atoms with E-state index >= 15 is 0 Å². The number of methoxy groups -OCH3 is 1. The van der Waals surface area contributed by atoms with Gasteiger partial charge in [0.25, 0.3) is 5.91 Å². The minimum atomic E-state index is -0.330. The number of fused-ring (bicyclic) bond motifs is 1. The molecule has 0 bridgehead atoms. The Bertz CT molecular complexity index is 1070. The molecule has 2 N–H and O–H groups in total. The molecular formula is C25H30FN3O3. The first-order valence-electron chi connectivity index (χ1n) is 10.8. The first-order valence-corrected chi connectivity index (χ1v) is 10.8. The van der Waals surface area contributed by atoms with Gasteiger partial charge in [-0.2, -0.15) is 0 Å². The zero-order valence-corrected chi connectivity index (χ0v) is 18.8. The van der Waals surface area contributed by atoms with Crippen LogP contribution in [-0.2, 0) is 22.5 Å². The fourth-order valence-corrected chi connectivity index (χ4v) is 3.52. The number of nitrogens with zero attached hydrogens (tertiary/aromatic N) is 1. The van der Waals surface area contributed by atoms with Crippen molar-refractivity contribution >= 4 is 28.4 Å². The van der Waals surface area contributed by atoms with Gasteiger partial charge in [-0.1, -0.05) is 26.0 Å². The smallest absolute Gasteiger partial charge is 0.268 e. The van der Waals surface area contributed by atoms with Gasteiger partial charge in [-0.15, -0.1) is 0 Å². The van der Waals surface area contributed by atoms with Gasteiger partial charge in [0.15, 0.2) is 0 Å². The van der Waals surface area contributed by atoms with Gasteiger partial charge in [-0.25, -0.2) is 4.39 Å². The molecule has 0 atom stereocenters. The van der Waals surface area contributed by atoms with Crippen molar-refractivity contribution in [2.75, 3.05) is 25.6 Å². The number of hydrogen-bond acceptors (Lipinski definition) is 3. The third-order valence-corrected chi connectivity index (χ3v) is 5.22. The van der Waals surface area contributed by atoms with Gasteiger partial charge in [0.2, 0.25) is 5.91 Å². The highest BCUT2D eigenvalue weighted by Gasteiger charge is 2.16. The summed E-state index contributed by atoms with van der Waals surface area (Å²) in [5.41, 5.74) is 2.92. The average Bonchev–Trinajstić information content (AvgIpc) is 3.11. The number of ether oxygens (including phenoxy) is 1. The highest BCUT2D eigenvalue weighted by molar-refractivity contribution is 6.00. The van der Waals surface area contributed by atoms with E-state index in [-0.39, 0.29) is 24.1 Å². The van der Waals surface area contributed by atoms with Crippen molar-refractivity contribution in [3.05, 3.63) is 65.6 Å². The molecule has 3 rings (SSSR count). The van der Waals surface area contributed by atoms with Gasteiger partial charge in [-0.05, 0) is 54.3 Å². The second kappa shape index (κ2) is 10.9. The molecule has 1 aromatic heterocycles. The van der Waals surface area contributed by atoms with Gasteiger partial charge in [0.1, 0.15) is 11.5 Å². The molecule has 1 heterocycles. The van der Waals surface area contributed by atoms with E-state index in [1.165, 1.54) is 12.1 Å². The second-order valence-corrected chi connectivity index (χ2v) is 8.24. The van der Waals surface area contributed by atoms with E-state index in [1.54, 1.807) is 19.2 Å². The molecule has 2 amide bonds. The summed E-state index contributed by atoms with van der Waals surface area (Å²) in [6.07, 6.45) is 1.10. The first-order chi connectivity index (χ1) is 15.4. The van der Waals surface area contributed by atoms with Crippen LogP contribution in [0, 0.1) is 11.7 Å². The van der Waals surface area contributed by atoms with Gasteiger partial charge >= 0.3 is 0 Å². The van der Waals surface area contributed by atoms with Crippen LogP contribution in [0.3, 0.4) is 0 Å². The van der Waals surface area contributed by atoms with Crippen LogP contribution in [-0.4, -0.2) is 36.6 Å². The molecule has 6 nitrogen and oxygen atoms in total. The Hall–Kier alpha value is -3.19. The number of nitrogens with one attached hydrogen (secondary N) is 2. The summed E-state index contributed by atoms with van der Waals surface area (Å²) >= 11 is 0. The minimum absolute atomic E-state index is 0.149. The zero-order valence-electron chi connectivity index (χ0n) is 18.8. The van der Waals surface area contributed by atoms with Crippen molar-refractivity contribution in [3.8, 4) is 0 Å². The maximum absolute atomic E-state index is 13.1. The van der Waals surface area contributed by atoms with Crippen LogP contribution in [0.4, 0.5) is 10.1 Å². The molecule has 3 aromatic rings. The summed E-state index contributed by atoms with van der Waals surface area (Å²) in [5, 5.41) is 6.65. The van der Waals surface area contributed by atoms with Crippen LogP contribution in [0.5, 0.6) is 0 Å². The van der Waals surface area contributed by atoms with Crippen molar-refractivity contribution in [1.29, 1.82) is 0 Å². The lowest BCUT2D eigenvalue weighted by atomic mass is 10.1. The Balaban J connectivity index is 1.80. The molecule has 0 saturated heterocycles. The molecule has 0 spiro atoms. The quantitative estimate of drug-likeness (QED) is 0.461. The van der Waals surface area contributed by atoms with E-state index in [9.17, 15) is 14.0 Å². The van der Waals surface area contributed by atoms with Crippen molar-refractivity contribution in [1.82, 2.24) is 9.88 Å². The molecule has 7 heteroatoms. The Morgan fingerprint density at radius 3 is 2.53 bits per heavy atom. The maximum Gasteiger partial charge on any atom is 0.268 e. The lowest BCUT2D eigenvalue weighted by Gasteiger charge is -2.13. The molecule has 2 aromatic carbocycles. The Labute approximate surface area is 187 Å². The second-order valence-electron chi connectivity index (χ2n) is 8.24. The first kappa shape index (κ1) is 23.5. The molecular weight excluding hydrogens is 409 g/mol. The van der Waals surface area contributed by atoms with Crippen LogP contribution < -0.4 is 10.6 Å². The van der Waals surface area contributed by atoms with Crippen LogP contribution in [0.2, 0.25) is 0 Å². The summed E-state index contributed by atoms with van der Waals surface area (Å²) in [7, 11) is 1.59. The third-order valence-electron chi connectivity index (χ3n) is 5.22. The summed E-state index contributed by atoms with van der Waals surface area (Å²) in [5.74, 6) is -0.165. The number of carbonyl (C=O) groups excluding carboxylic acids is 2. The van der Waals surface area contributed by atoms with E-state index < -0.39 is 0 Å². The SMILES string of the molecule is COCCNC(=O)c1cc2cc(NC(=O)Cc3ccc(F)cc3)ccc2n1CCC(C)C. The molecule has 0 saturated carbocycles. The average molecular weight is 440 g/mol.